The van der Waals surface area contributed by atoms with Gasteiger partial charge in [-0.1, -0.05) is 0 Å². The van der Waals surface area contributed by atoms with Crippen LogP contribution < -0.4 is 5.32 Å². The quantitative estimate of drug-likeness (QED) is 0.738. The molecule has 154 valence electrons. The summed E-state index contributed by atoms with van der Waals surface area (Å²) >= 11 is 0. The largest absolute Gasteiger partial charge is 0.383 e. The molecule has 1 saturated heterocycles. The number of methoxy groups -OCH3 is 1. The number of fused-ring (bicyclic) bond motifs is 1. The van der Waals surface area contributed by atoms with Crippen molar-refractivity contribution in [1.82, 2.24) is 19.1 Å². The number of sulfonamides is 1. The van der Waals surface area contributed by atoms with E-state index in [-0.39, 0.29) is 12.6 Å². The van der Waals surface area contributed by atoms with Crippen molar-refractivity contribution in [3.8, 4) is 0 Å². The Kier molecular flexibility index (Phi) is 6.58. The average Bonchev–Trinajstić information content (AvgIpc) is 2.93. The molecule has 0 unspecified atom stereocenters. The van der Waals surface area contributed by atoms with Crippen LogP contribution in [0.2, 0.25) is 0 Å². The van der Waals surface area contributed by atoms with E-state index in [1.807, 2.05) is 18.3 Å². The fourth-order valence-electron chi connectivity index (χ4n) is 3.47. The number of nitrogens with zero attached hydrogens (tertiary/aromatic N) is 3. The number of urea groups is 1. The molecule has 0 atom stereocenters. The summed E-state index contributed by atoms with van der Waals surface area (Å²) in [6, 6.07) is 7.02. The normalized spacial score (nSPS) is 16.3. The second-order valence-electron chi connectivity index (χ2n) is 6.79. The Bertz CT molecular complexity index is 925. The minimum absolute atomic E-state index is 0.182. The summed E-state index contributed by atoms with van der Waals surface area (Å²) in [6.45, 7) is 5.36. The zero-order valence-corrected chi connectivity index (χ0v) is 17.2. The molecular formula is C19H28N4O4S. The lowest BCUT2D eigenvalue weighted by Gasteiger charge is -2.22. The van der Waals surface area contributed by atoms with Crippen molar-refractivity contribution in [2.45, 2.75) is 24.8 Å². The summed E-state index contributed by atoms with van der Waals surface area (Å²) in [5, 5.41) is 3.70. The number of ether oxygens (including phenoxy) is 1. The van der Waals surface area contributed by atoms with Gasteiger partial charge >= 0.3 is 6.03 Å². The first-order valence-corrected chi connectivity index (χ1v) is 11.0. The van der Waals surface area contributed by atoms with Crippen LogP contribution in [-0.4, -0.2) is 74.7 Å². The molecule has 1 aliphatic heterocycles. The zero-order valence-electron chi connectivity index (χ0n) is 16.4. The Morgan fingerprint density at radius 1 is 1.18 bits per heavy atom. The monoisotopic (exact) mass is 408 g/mol. The molecular weight excluding hydrogens is 380 g/mol. The second kappa shape index (κ2) is 8.93. The Morgan fingerprint density at radius 2 is 2.00 bits per heavy atom. The number of hydrogen-bond acceptors (Lipinski definition) is 4. The van der Waals surface area contributed by atoms with Gasteiger partial charge in [-0.15, -0.1) is 0 Å². The maximum absolute atomic E-state index is 13.1. The molecule has 1 N–H and O–H groups in total. The Balaban J connectivity index is 1.71. The molecule has 8 nitrogen and oxygen atoms in total. The molecule has 0 aliphatic carbocycles. The van der Waals surface area contributed by atoms with Crippen molar-refractivity contribution in [2.24, 2.45) is 0 Å². The summed E-state index contributed by atoms with van der Waals surface area (Å²) in [6.07, 6.45) is 2.57. The number of carbonyl (C=O) groups excluding carboxylic acids is 1. The van der Waals surface area contributed by atoms with Gasteiger partial charge in [0.15, 0.2) is 0 Å². The van der Waals surface area contributed by atoms with Crippen molar-refractivity contribution < 1.29 is 17.9 Å². The molecule has 2 heterocycles. The summed E-state index contributed by atoms with van der Waals surface area (Å²) in [5.74, 6) is 0. The molecule has 1 fully saturated rings. The highest BCUT2D eigenvalue weighted by molar-refractivity contribution is 7.89. The molecule has 1 aliphatic rings. The van der Waals surface area contributed by atoms with Gasteiger partial charge in [0.25, 0.3) is 0 Å². The van der Waals surface area contributed by atoms with E-state index in [1.54, 1.807) is 24.1 Å². The third-order valence-electron chi connectivity index (χ3n) is 5.05. The molecule has 3 rings (SSSR count). The topological polar surface area (TPSA) is 83.9 Å². The Morgan fingerprint density at radius 3 is 2.75 bits per heavy atom. The standard InChI is InChI=1S/C19H28N4O4S/c1-3-21-11-7-16-15-17(5-6-18(16)21)28(25,26)23-10-4-9-22(12-13-23)19(24)20-8-14-27-2/h5-7,11,15H,3-4,8-10,12-14H2,1-2H3,(H,20,24). The predicted octanol–water partition coefficient (Wildman–Crippen LogP) is 1.71. The van der Waals surface area contributed by atoms with Gasteiger partial charge in [0.1, 0.15) is 0 Å². The van der Waals surface area contributed by atoms with Crippen LogP contribution in [0, 0.1) is 0 Å². The van der Waals surface area contributed by atoms with Gasteiger partial charge < -0.3 is 19.5 Å². The molecule has 1 aromatic carbocycles. The zero-order chi connectivity index (χ0) is 20.1. The lowest BCUT2D eigenvalue weighted by atomic mass is 10.2. The fraction of sp³-hybridized carbons (Fsp3) is 0.526. The third-order valence-corrected chi connectivity index (χ3v) is 6.94. The van der Waals surface area contributed by atoms with E-state index >= 15 is 0 Å². The van der Waals surface area contributed by atoms with Crippen LogP contribution in [-0.2, 0) is 21.3 Å². The molecule has 0 spiro atoms. The van der Waals surface area contributed by atoms with Crippen LogP contribution >= 0.6 is 0 Å². The summed E-state index contributed by atoms with van der Waals surface area (Å²) in [7, 11) is -2.02. The number of hydrogen-bond donors (Lipinski definition) is 1. The minimum atomic E-state index is -3.60. The maximum Gasteiger partial charge on any atom is 0.317 e. The van der Waals surface area contributed by atoms with Crippen LogP contribution in [0.3, 0.4) is 0 Å². The van der Waals surface area contributed by atoms with Gasteiger partial charge in [0.2, 0.25) is 10.0 Å². The number of aromatic nitrogens is 1. The van der Waals surface area contributed by atoms with Gasteiger partial charge in [-0.25, -0.2) is 13.2 Å². The molecule has 2 amide bonds. The predicted molar refractivity (Wildman–Crippen MR) is 108 cm³/mol. The van der Waals surface area contributed by atoms with Crippen LogP contribution in [0.25, 0.3) is 10.9 Å². The first-order valence-electron chi connectivity index (χ1n) is 9.58. The third kappa shape index (κ3) is 4.31. The average molecular weight is 409 g/mol. The van der Waals surface area contributed by atoms with Crippen LogP contribution in [0.15, 0.2) is 35.4 Å². The molecule has 2 aromatic rings. The molecule has 9 heteroatoms. The number of carbonyl (C=O) groups is 1. The van der Waals surface area contributed by atoms with E-state index in [0.29, 0.717) is 44.1 Å². The number of amides is 2. The molecule has 0 bridgehead atoms. The lowest BCUT2D eigenvalue weighted by molar-refractivity contribution is 0.181. The molecule has 0 radical (unpaired) electrons. The van der Waals surface area contributed by atoms with Crippen molar-refractivity contribution in [3.05, 3.63) is 30.5 Å². The van der Waals surface area contributed by atoms with Crippen LogP contribution in [0.4, 0.5) is 4.79 Å². The molecule has 28 heavy (non-hydrogen) atoms. The van der Waals surface area contributed by atoms with Crippen LogP contribution in [0.5, 0.6) is 0 Å². The van der Waals surface area contributed by atoms with Crippen LogP contribution in [0.1, 0.15) is 13.3 Å². The van der Waals surface area contributed by atoms with E-state index in [9.17, 15) is 13.2 Å². The highest BCUT2D eigenvalue weighted by Gasteiger charge is 2.28. The van der Waals surface area contributed by atoms with E-state index in [1.165, 1.54) is 4.31 Å². The number of rotatable bonds is 6. The fourth-order valence-corrected chi connectivity index (χ4v) is 4.98. The number of aryl methyl sites for hydroxylation is 1. The molecule has 1 aromatic heterocycles. The maximum atomic E-state index is 13.1. The van der Waals surface area contributed by atoms with Gasteiger partial charge in [0, 0.05) is 63.5 Å². The van der Waals surface area contributed by atoms with E-state index in [2.05, 4.69) is 16.8 Å². The van der Waals surface area contributed by atoms with Crippen molar-refractivity contribution in [2.75, 3.05) is 46.4 Å². The number of benzene rings is 1. The van der Waals surface area contributed by atoms with Crippen molar-refractivity contribution >= 4 is 27.0 Å². The van der Waals surface area contributed by atoms with E-state index in [4.69, 9.17) is 4.74 Å². The van der Waals surface area contributed by atoms with Gasteiger partial charge in [-0.2, -0.15) is 4.31 Å². The first kappa shape index (κ1) is 20.6. The summed E-state index contributed by atoms with van der Waals surface area (Å²) in [4.78, 5) is 14.2. The van der Waals surface area contributed by atoms with Gasteiger partial charge in [0.05, 0.1) is 11.5 Å². The second-order valence-corrected chi connectivity index (χ2v) is 8.73. The summed E-state index contributed by atoms with van der Waals surface area (Å²) < 4.78 is 34.8. The van der Waals surface area contributed by atoms with Gasteiger partial charge in [-0.3, -0.25) is 0 Å². The SMILES string of the molecule is CCn1ccc2cc(S(=O)(=O)N3CCCN(C(=O)NCCOC)CC3)ccc21. The first-order chi connectivity index (χ1) is 13.5. The molecule has 0 saturated carbocycles. The minimum Gasteiger partial charge on any atom is -0.383 e. The number of nitrogens with one attached hydrogen (secondary N) is 1. The van der Waals surface area contributed by atoms with Gasteiger partial charge in [-0.05, 0) is 37.6 Å². The van der Waals surface area contributed by atoms with E-state index < -0.39 is 10.0 Å². The lowest BCUT2D eigenvalue weighted by Crippen LogP contribution is -2.43. The Labute approximate surface area is 166 Å². The highest BCUT2D eigenvalue weighted by Crippen LogP contribution is 2.24. The summed E-state index contributed by atoms with van der Waals surface area (Å²) in [5.41, 5.74) is 1.02. The highest BCUT2D eigenvalue weighted by atomic mass is 32.2. The Hall–Kier alpha value is -2.10. The van der Waals surface area contributed by atoms with Crippen molar-refractivity contribution in [3.63, 3.8) is 0 Å². The van der Waals surface area contributed by atoms with Crippen molar-refractivity contribution in [1.29, 1.82) is 0 Å². The van der Waals surface area contributed by atoms with E-state index in [0.717, 1.165) is 17.4 Å². The smallest absolute Gasteiger partial charge is 0.317 e.